The zero-order chi connectivity index (χ0) is 5.70. The molecule has 0 aliphatic rings. The Hall–Kier alpha value is 1.49. The summed E-state index contributed by atoms with van der Waals surface area (Å²) in [6.45, 7) is 6.92. The molecule has 0 aliphatic carbocycles. The molecule has 0 aromatic rings. The molecule has 0 atom stereocenters. The summed E-state index contributed by atoms with van der Waals surface area (Å²) in [4.78, 5) is 0. The summed E-state index contributed by atoms with van der Waals surface area (Å²) in [6, 6.07) is 4.37. The summed E-state index contributed by atoms with van der Waals surface area (Å²) >= 11 is 0. The fourth-order valence-corrected chi connectivity index (χ4v) is 2.25. The maximum atomic E-state index is 2.31. The third-order valence-corrected chi connectivity index (χ3v) is 4.50. The first kappa shape index (κ1) is 16.8. The van der Waals surface area contributed by atoms with Gasteiger partial charge in [-0.3, -0.25) is 0 Å². The minimum absolute atomic E-state index is 0. The first-order chi connectivity index (χ1) is 3.35. The van der Waals surface area contributed by atoms with Crippen molar-refractivity contribution in [1.82, 2.24) is 0 Å². The molecule has 0 saturated carbocycles. The molecule has 0 heterocycles. The zero-order valence-electron chi connectivity index (χ0n) is 6.94. The third-order valence-electron chi connectivity index (χ3n) is 1.50. The summed E-state index contributed by atoms with van der Waals surface area (Å²) in [5.41, 5.74) is 0. The van der Waals surface area contributed by atoms with E-state index in [2.05, 4.69) is 20.8 Å². The van der Waals surface area contributed by atoms with Gasteiger partial charge < -0.3 is 7.43 Å². The van der Waals surface area contributed by atoms with Gasteiger partial charge in [0.05, 0.1) is 0 Å². The largest absolute Gasteiger partial charge is 0.358 e. The molecule has 0 unspecified atom stereocenters. The molecule has 2 heteroatoms. The number of rotatable bonds is 3. The van der Waals surface area contributed by atoms with Crippen LogP contribution >= 0.6 is 0 Å². The second kappa shape index (κ2) is 12.2. The smallest absolute Gasteiger partial charge is 0.0470 e. The van der Waals surface area contributed by atoms with E-state index in [0.717, 1.165) is 0 Å². The van der Waals surface area contributed by atoms with Crippen molar-refractivity contribution in [1.29, 1.82) is 0 Å². The summed E-state index contributed by atoms with van der Waals surface area (Å²) in [5, 5.41) is 0. The van der Waals surface area contributed by atoms with E-state index in [1.165, 1.54) is 18.1 Å². The molecular formula is C7H18DySi-. The van der Waals surface area contributed by atoms with Crippen LogP contribution in [0.15, 0.2) is 0 Å². The van der Waals surface area contributed by atoms with E-state index in [-0.39, 0.29) is 54.4 Å². The van der Waals surface area contributed by atoms with Gasteiger partial charge in [0.25, 0.3) is 0 Å². The summed E-state index contributed by atoms with van der Waals surface area (Å²) in [6.07, 6.45) is 0. The van der Waals surface area contributed by atoms with E-state index < -0.39 is 0 Å². The molecule has 0 aromatic heterocycles. The van der Waals surface area contributed by atoms with Gasteiger partial charge in [0, 0.05) is 47.0 Å². The van der Waals surface area contributed by atoms with Crippen molar-refractivity contribution in [3.63, 3.8) is 0 Å². The van der Waals surface area contributed by atoms with Crippen molar-refractivity contribution in [2.24, 2.45) is 0 Å². The molecule has 0 fully saturated rings. The molecule has 0 rings (SSSR count). The van der Waals surface area contributed by atoms with Crippen molar-refractivity contribution in [2.45, 2.75) is 38.9 Å². The van der Waals surface area contributed by atoms with E-state index in [1.54, 1.807) is 0 Å². The molecular weight excluding hydrogens is 275 g/mol. The maximum absolute atomic E-state index is 2.31. The quantitative estimate of drug-likeness (QED) is 0.554. The van der Waals surface area contributed by atoms with Gasteiger partial charge >= 0.3 is 0 Å². The fraction of sp³-hybridized carbons (Fsp3) is 0.857. The molecule has 0 aromatic carbocycles. The number of hydrogen-bond donors (Lipinski definition) is 0. The fourth-order valence-electron chi connectivity index (χ4n) is 0.750. The number of hydrogen-bond acceptors (Lipinski definition) is 0. The van der Waals surface area contributed by atoms with Crippen LogP contribution in [-0.2, 0) is 0 Å². The van der Waals surface area contributed by atoms with Crippen LogP contribution in [0.25, 0.3) is 0 Å². The Bertz CT molecular complexity index is 30.4. The van der Waals surface area contributed by atoms with Gasteiger partial charge in [-0.2, -0.15) is 0 Å². The molecule has 0 saturated heterocycles. The van der Waals surface area contributed by atoms with Gasteiger partial charge in [0.15, 0.2) is 0 Å². The Morgan fingerprint density at radius 3 is 1.11 bits per heavy atom. The van der Waals surface area contributed by atoms with Crippen molar-refractivity contribution >= 4 is 8.80 Å². The van der Waals surface area contributed by atoms with Crippen molar-refractivity contribution in [3.8, 4) is 0 Å². The van der Waals surface area contributed by atoms with Crippen LogP contribution in [0.4, 0.5) is 0 Å². The first-order valence-electron chi connectivity index (χ1n) is 3.18. The normalized spacial score (nSPS) is 8.00. The molecule has 0 N–H and O–H groups in total. The monoisotopic (exact) mass is 294 g/mol. The molecule has 0 amide bonds. The minimum atomic E-state index is 0. The molecule has 61 valence electrons. The van der Waals surface area contributed by atoms with Gasteiger partial charge in [-0.15, -0.1) is 0 Å². The van der Waals surface area contributed by atoms with Crippen molar-refractivity contribution in [3.05, 3.63) is 7.43 Å². The van der Waals surface area contributed by atoms with Crippen LogP contribution in [-0.4, -0.2) is 8.80 Å². The Kier molecular flexibility index (Phi) is 22.8. The maximum Gasteiger partial charge on any atom is 0.0470 e. The molecule has 9 heavy (non-hydrogen) atoms. The van der Waals surface area contributed by atoms with Gasteiger partial charge in [-0.25, -0.2) is 0 Å². The Balaban J connectivity index is -0.000000180. The van der Waals surface area contributed by atoms with Crippen LogP contribution in [0.3, 0.4) is 0 Å². The minimum Gasteiger partial charge on any atom is -0.358 e. The average molecular weight is 293 g/mol. The second-order valence-corrected chi connectivity index (χ2v) is 5.43. The van der Waals surface area contributed by atoms with Crippen molar-refractivity contribution in [2.75, 3.05) is 0 Å². The first-order valence-corrected chi connectivity index (χ1v) is 5.30. The van der Waals surface area contributed by atoms with E-state index in [0.29, 0.717) is 0 Å². The van der Waals surface area contributed by atoms with Crippen LogP contribution in [0.1, 0.15) is 20.8 Å². The van der Waals surface area contributed by atoms with Crippen LogP contribution < -0.4 is 0 Å². The summed E-state index contributed by atoms with van der Waals surface area (Å²) in [7, 11) is 0.137. The zero-order valence-corrected chi connectivity index (χ0v) is 9.97. The van der Waals surface area contributed by atoms with E-state index >= 15 is 0 Å². The molecule has 1 radical (unpaired) electrons. The Morgan fingerprint density at radius 2 is 1.11 bits per heavy atom. The molecule has 0 spiro atoms. The standard InChI is InChI=1S/C6H15Si.CH3.Dy/c1-4-7(5-2)6-3;;/h4-6H2,1-3H3;1H3;/q;-1;. The van der Waals surface area contributed by atoms with E-state index in [4.69, 9.17) is 0 Å². The summed E-state index contributed by atoms with van der Waals surface area (Å²) in [5.74, 6) is 0. The molecule has 0 bridgehead atoms. The van der Waals surface area contributed by atoms with E-state index in [1.807, 2.05) is 0 Å². The van der Waals surface area contributed by atoms with Gasteiger partial charge in [0.2, 0.25) is 0 Å². The average Bonchev–Trinajstić information content (AvgIpc) is 1.72. The van der Waals surface area contributed by atoms with Crippen LogP contribution in [0, 0.1) is 45.6 Å². The van der Waals surface area contributed by atoms with E-state index in [9.17, 15) is 0 Å². The predicted molar refractivity (Wildman–Crippen MR) is 43.6 cm³/mol. The van der Waals surface area contributed by atoms with Crippen LogP contribution in [0.5, 0.6) is 0 Å². The van der Waals surface area contributed by atoms with Crippen molar-refractivity contribution < 1.29 is 38.2 Å². The molecule has 0 nitrogen and oxygen atoms in total. The predicted octanol–water partition coefficient (Wildman–Crippen LogP) is 2.99. The van der Waals surface area contributed by atoms with Gasteiger partial charge in [-0.1, -0.05) is 38.9 Å². The topological polar surface area (TPSA) is 0 Å². The Labute approximate surface area is 92.4 Å². The SMILES string of the molecule is CC[Si](CC)CC.[CH3-].[Dy]. The van der Waals surface area contributed by atoms with Gasteiger partial charge in [-0.05, 0) is 0 Å². The summed E-state index contributed by atoms with van der Waals surface area (Å²) < 4.78 is 0. The third kappa shape index (κ3) is 9.49. The van der Waals surface area contributed by atoms with Crippen LogP contribution in [0.2, 0.25) is 18.1 Å². The Morgan fingerprint density at radius 1 is 0.889 bits per heavy atom. The second-order valence-electron chi connectivity index (χ2n) is 1.81. The van der Waals surface area contributed by atoms with Gasteiger partial charge in [0.1, 0.15) is 0 Å². The molecule has 0 aliphatic heterocycles.